The third-order valence-corrected chi connectivity index (χ3v) is 5.16. The molecule has 2 amide bonds. The molecule has 148 valence electrons. The molecule has 0 bridgehead atoms. The Kier molecular flexibility index (Phi) is 7.71. The maximum atomic E-state index is 12.1. The number of thiophene rings is 1. The van der Waals surface area contributed by atoms with Crippen LogP contribution in [0.4, 0.5) is 5.00 Å². The van der Waals surface area contributed by atoms with Crippen LogP contribution >= 0.6 is 23.6 Å². The SMILES string of the molecule is CCOc1ccc(/C=C/C(=O)NC(=S)Nc2sc(C)c(CC)c2C(N)=O)cc1. The van der Waals surface area contributed by atoms with Gasteiger partial charge in [0.1, 0.15) is 10.8 Å². The van der Waals surface area contributed by atoms with E-state index in [0.717, 1.165) is 21.8 Å². The highest BCUT2D eigenvalue weighted by atomic mass is 32.1. The number of benzene rings is 1. The second kappa shape index (κ2) is 10.0. The molecule has 0 unspecified atom stereocenters. The van der Waals surface area contributed by atoms with Crippen LogP contribution in [0.1, 0.15) is 40.2 Å². The van der Waals surface area contributed by atoms with Crippen molar-refractivity contribution in [1.29, 1.82) is 0 Å². The smallest absolute Gasteiger partial charge is 0.251 e. The van der Waals surface area contributed by atoms with Gasteiger partial charge in [-0.25, -0.2) is 0 Å². The van der Waals surface area contributed by atoms with Gasteiger partial charge in [-0.1, -0.05) is 19.1 Å². The number of nitrogens with two attached hydrogens (primary N) is 1. The van der Waals surface area contributed by atoms with Crippen molar-refractivity contribution in [3.63, 3.8) is 0 Å². The summed E-state index contributed by atoms with van der Waals surface area (Å²) in [7, 11) is 0. The molecule has 0 radical (unpaired) electrons. The topological polar surface area (TPSA) is 93.4 Å². The van der Waals surface area contributed by atoms with Gasteiger partial charge in [-0.2, -0.15) is 0 Å². The fraction of sp³-hybridized carbons (Fsp3) is 0.250. The molecule has 0 aliphatic heterocycles. The standard InChI is InChI=1S/C20H23N3O3S2/c1-4-15-12(3)28-19(17(15)18(21)25)23-20(27)22-16(24)11-8-13-6-9-14(10-7-13)26-5-2/h6-11H,4-5H2,1-3H3,(H2,21,25)(H2,22,23,24,27)/b11-8+. The molecule has 0 aliphatic rings. The van der Waals surface area contributed by atoms with Crippen LogP contribution in [-0.4, -0.2) is 23.5 Å². The molecular weight excluding hydrogens is 394 g/mol. The number of primary amides is 1. The van der Waals surface area contributed by atoms with E-state index < -0.39 is 5.91 Å². The lowest BCUT2D eigenvalue weighted by atomic mass is 10.1. The van der Waals surface area contributed by atoms with E-state index in [0.29, 0.717) is 23.6 Å². The first-order chi connectivity index (χ1) is 13.3. The highest BCUT2D eigenvalue weighted by Crippen LogP contribution is 2.33. The summed E-state index contributed by atoms with van der Waals surface area (Å²) in [5.74, 6) is -0.123. The van der Waals surface area contributed by atoms with Gasteiger partial charge in [-0.3, -0.25) is 14.9 Å². The van der Waals surface area contributed by atoms with Crippen molar-refractivity contribution in [2.45, 2.75) is 27.2 Å². The Morgan fingerprint density at radius 3 is 2.50 bits per heavy atom. The van der Waals surface area contributed by atoms with Gasteiger partial charge in [-0.15, -0.1) is 11.3 Å². The van der Waals surface area contributed by atoms with Gasteiger partial charge in [0.15, 0.2) is 5.11 Å². The summed E-state index contributed by atoms with van der Waals surface area (Å²) in [5.41, 5.74) is 7.67. The van der Waals surface area contributed by atoms with Crippen LogP contribution in [0.5, 0.6) is 5.75 Å². The Balaban J connectivity index is 1.99. The summed E-state index contributed by atoms with van der Waals surface area (Å²) in [6.45, 7) is 6.39. The fourth-order valence-electron chi connectivity index (χ4n) is 2.65. The molecule has 0 fully saturated rings. The van der Waals surface area contributed by atoms with Gasteiger partial charge in [-0.05, 0) is 61.8 Å². The van der Waals surface area contributed by atoms with Crippen molar-refractivity contribution in [2.24, 2.45) is 5.73 Å². The maximum absolute atomic E-state index is 12.1. The van der Waals surface area contributed by atoms with Crippen LogP contribution in [0.2, 0.25) is 0 Å². The minimum Gasteiger partial charge on any atom is -0.494 e. The summed E-state index contributed by atoms with van der Waals surface area (Å²) in [5, 5.41) is 6.12. The summed E-state index contributed by atoms with van der Waals surface area (Å²) in [6.07, 6.45) is 3.75. The monoisotopic (exact) mass is 417 g/mol. The van der Waals surface area contributed by atoms with Gasteiger partial charge in [0, 0.05) is 11.0 Å². The van der Waals surface area contributed by atoms with Crippen molar-refractivity contribution in [1.82, 2.24) is 5.32 Å². The Hall–Kier alpha value is -2.71. The average Bonchev–Trinajstić information content (AvgIpc) is 2.96. The van der Waals surface area contributed by atoms with Crippen molar-refractivity contribution in [3.05, 3.63) is 51.9 Å². The first-order valence-electron chi connectivity index (χ1n) is 8.80. The zero-order chi connectivity index (χ0) is 20.7. The first kappa shape index (κ1) is 21.6. The number of hydrogen-bond donors (Lipinski definition) is 3. The molecule has 8 heteroatoms. The van der Waals surface area contributed by atoms with Crippen LogP contribution in [0.25, 0.3) is 6.08 Å². The normalized spacial score (nSPS) is 10.7. The van der Waals surface area contributed by atoms with Gasteiger partial charge in [0.2, 0.25) is 5.91 Å². The van der Waals surface area contributed by atoms with E-state index in [-0.39, 0.29) is 11.0 Å². The molecule has 1 aromatic heterocycles. The number of anilines is 1. The van der Waals surface area contributed by atoms with Crippen LogP contribution < -0.4 is 21.1 Å². The molecule has 4 N–H and O–H groups in total. The Labute approximate surface area is 173 Å². The van der Waals surface area contributed by atoms with E-state index in [1.807, 2.05) is 45.0 Å². The second-order valence-corrected chi connectivity index (χ2v) is 7.47. The number of carbonyl (C=O) groups is 2. The lowest BCUT2D eigenvalue weighted by Gasteiger charge is -2.08. The molecule has 0 spiro atoms. The van der Waals surface area contributed by atoms with Crippen LogP contribution in [-0.2, 0) is 11.2 Å². The predicted octanol–water partition coefficient (Wildman–Crippen LogP) is 3.64. The molecule has 0 atom stereocenters. The molecule has 28 heavy (non-hydrogen) atoms. The summed E-state index contributed by atoms with van der Waals surface area (Å²) in [4.78, 5) is 24.9. The number of ether oxygens (including phenoxy) is 1. The number of carbonyl (C=O) groups excluding carboxylic acids is 2. The number of hydrogen-bond acceptors (Lipinski definition) is 5. The van der Waals surface area contributed by atoms with Crippen molar-refractivity contribution in [3.8, 4) is 5.75 Å². The molecule has 6 nitrogen and oxygen atoms in total. The third-order valence-electron chi connectivity index (χ3n) is 3.89. The van der Waals surface area contributed by atoms with Gasteiger partial charge in [0.25, 0.3) is 5.91 Å². The minimum atomic E-state index is -0.520. The van der Waals surface area contributed by atoms with Gasteiger partial charge >= 0.3 is 0 Å². The van der Waals surface area contributed by atoms with E-state index in [9.17, 15) is 9.59 Å². The number of thiocarbonyl (C=S) groups is 1. The van der Waals surface area contributed by atoms with Gasteiger partial charge < -0.3 is 15.8 Å². The van der Waals surface area contributed by atoms with E-state index >= 15 is 0 Å². The predicted molar refractivity (Wildman–Crippen MR) is 118 cm³/mol. The van der Waals surface area contributed by atoms with E-state index in [2.05, 4.69) is 10.6 Å². The molecule has 0 saturated carbocycles. The van der Waals surface area contributed by atoms with E-state index in [1.54, 1.807) is 6.08 Å². The number of nitrogens with one attached hydrogen (secondary N) is 2. The zero-order valence-corrected chi connectivity index (χ0v) is 17.6. The van der Waals surface area contributed by atoms with Crippen molar-refractivity contribution in [2.75, 3.05) is 11.9 Å². The lowest BCUT2D eigenvalue weighted by molar-refractivity contribution is -0.115. The van der Waals surface area contributed by atoms with Crippen LogP contribution in [0.15, 0.2) is 30.3 Å². The number of aryl methyl sites for hydroxylation is 1. The minimum absolute atomic E-state index is 0.104. The highest BCUT2D eigenvalue weighted by molar-refractivity contribution is 7.80. The number of rotatable bonds is 7. The van der Waals surface area contributed by atoms with Crippen LogP contribution in [0.3, 0.4) is 0 Å². The van der Waals surface area contributed by atoms with Crippen molar-refractivity contribution < 1.29 is 14.3 Å². The third kappa shape index (κ3) is 5.64. The summed E-state index contributed by atoms with van der Waals surface area (Å²) in [6, 6.07) is 7.38. The van der Waals surface area contributed by atoms with E-state index in [4.69, 9.17) is 22.7 Å². The van der Waals surface area contributed by atoms with Gasteiger partial charge in [0.05, 0.1) is 12.2 Å². The average molecular weight is 418 g/mol. The van der Waals surface area contributed by atoms with Crippen LogP contribution in [0, 0.1) is 6.92 Å². The first-order valence-corrected chi connectivity index (χ1v) is 10.0. The fourth-order valence-corrected chi connectivity index (χ4v) is 4.08. The largest absolute Gasteiger partial charge is 0.494 e. The quantitative estimate of drug-likeness (QED) is 0.472. The summed E-state index contributed by atoms with van der Waals surface area (Å²) >= 11 is 6.57. The maximum Gasteiger partial charge on any atom is 0.251 e. The lowest BCUT2D eigenvalue weighted by Crippen LogP contribution is -2.33. The second-order valence-electron chi connectivity index (χ2n) is 5.84. The Morgan fingerprint density at radius 1 is 1.25 bits per heavy atom. The molecule has 1 aromatic carbocycles. The zero-order valence-electron chi connectivity index (χ0n) is 16.0. The molecular formula is C20H23N3O3S2. The number of amides is 2. The Bertz CT molecular complexity index is 902. The molecule has 2 aromatic rings. The molecule has 0 aliphatic carbocycles. The molecule has 0 saturated heterocycles. The Morgan fingerprint density at radius 2 is 1.93 bits per heavy atom. The summed E-state index contributed by atoms with van der Waals surface area (Å²) < 4.78 is 5.38. The van der Waals surface area contributed by atoms with Crippen molar-refractivity contribution >= 4 is 51.6 Å². The van der Waals surface area contributed by atoms with E-state index in [1.165, 1.54) is 17.4 Å². The molecule has 2 rings (SSSR count). The highest BCUT2D eigenvalue weighted by Gasteiger charge is 2.19. The molecule has 1 heterocycles.